The fourth-order valence-electron chi connectivity index (χ4n) is 3.68. The minimum atomic E-state index is -0.139. The summed E-state index contributed by atoms with van der Waals surface area (Å²) in [5.74, 6) is -0.139. The van der Waals surface area contributed by atoms with Crippen LogP contribution in [0.3, 0.4) is 0 Å². The molecular weight excluding hydrogens is 332 g/mol. The van der Waals surface area contributed by atoms with Crippen LogP contribution in [0.4, 0.5) is 10.5 Å². The van der Waals surface area contributed by atoms with E-state index >= 15 is 0 Å². The van der Waals surface area contributed by atoms with Crippen LogP contribution in [0.1, 0.15) is 28.8 Å². The number of nitrogens with one attached hydrogen (secondary N) is 2. The number of carbonyl (C=O) groups excluding carboxylic acids is 2. The smallest absolute Gasteiger partial charge is 0.321 e. The number of rotatable bonds is 5. The van der Waals surface area contributed by atoms with E-state index in [0.717, 1.165) is 37.4 Å². The van der Waals surface area contributed by atoms with E-state index in [1.165, 1.54) is 12.8 Å². The van der Waals surface area contributed by atoms with Crippen molar-refractivity contribution in [2.24, 2.45) is 0 Å². The van der Waals surface area contributed by atoms with Crippen molar-refractivity contribution < 1.29 is 14.3 Å². The maximum absolute atomic E-state index is 12.6. The molecule has 0 saturated carbocycles. The molecule has 2 saturated heterocycles. The van der Waals surface area contributed by atoms with Crippen LogP contribution in [-0.2, 0) is 4.74 Å². The van der Waals surface area contributed by atoms with Crippen molar-refractivity contribution in [3.63, 3.8) is 0 Å². The maximum atomic E-state index is 12.6. The summed E-state index contributed by atoms with van der Waals surface area (Å²) in [6.45, 7) is 6.53. The lowest BCUT2D eigenvalue weighted by Gasteiger charge is -2.37. The van der Waals surface area contributed by atoms with E-state index in [1.54, 1.807) is 25.3 Å². The number of ether oxygens (including phenoxy) is 1. The largest absolute Gasteiger partial charge is 0.383 e. The molecule has 2 N–H and O–H groups in total. The number of urea groups is 1. The average molecular weight is 360 g/mol. The molecule has 7 nitrogen and oxygen atoms in total. The quantitative estimate of drug-likeness (QED) is 0.784. The fourth-order valence-corrected chi connectivity index (χ4v) is 3.68. The molecule has 3 amide bonds. The van der Waals surface area contributed by atoms with E-state index in [9.17, 15) is 9.59 Å². The molecule has 2 aliphatic heterocycles. The Kier molecular flexibility index (Phi) is 6.11. The van der Waals surface area contributed by atoms with Gasteiger partial charge in [0.2, 0.25) is 0 Å². The van der Waals surface area contributed by atoms with E-state index in [2.05, 4.69) is 15.5 Å². The van der Waals surface area contributed by atoms with Gasteiger partial charge in [-0.15, -0.1) is 0 Å². The first kappa shape index (κ1) is 18.7. The SMILES string of the molecule is COCCNC(=O)c1ccc(NC(=O)N2CCN3CCC[C@@H]3C2)c(C)c1. The molecule has 0 radical (unpaired) electrons. The number of carbonyl (C=O) groups is 2. The highest BCUT2D eigenvalue weighted by molar-refractivity contribution is 5.96. The second-order valence-corrected chi connectivity index (χ2v) is 6.99. The predicted octanol–water partition coefficient (Wildman–Crippen LogP) is 1.68. The van der Waals surface area contributed by atoms with Gasteiger partial charge in [-0.25, -0.2) is 4.79 Å². The van der Waals surface area contributed by atoms with Gasteiger partial charge in [0.25, 0.3) is 5.91 Å². The highest BCUT2D eigenvalue weighted by Gasteiger charge is 2.32. The summed E-state index contributed by atoms with van der Waals surface area (Å²) in [4.78, 5) is 29.1. The summed E-state index contributed by atoms with van der Waals surface area (Å²) in [6, 6.07) is 5.78. The number of benzene rings is 1. The zero-order valence-electron chi connectivity index (χ0n) is 15.6. The Labute approximate surface area is 154 Å². The molecule has 2 fully saturated rings. The van der Waals surface area contributed by atoms with Crippen molar-refractivity contribution >= 4 is 17.6 Å². The number of aryl methyl sites for hydroxylation is 1. The van der Waals surface area contributed by atoms with Gasteiger partial charge >= 0.3 is 6.03 Å². The number of fused-ring (bicyclic) bond motifs is 1. The zero-order valence-corrected chi connectivity index (χ0v) is 15.6. The fraction of sp³-hybridized carbons (Fsp3) is 0.579. The third-order valence-corrected chi connectivity index (χ3v) is 5.20. The van der Waals surface area contributed by atoms with Crippen molar-refractivity contribution in [1.29, 1.82) is 0 Å². The Morgan fingerprint density at radius 1 is 1.27 bits per heavy atom. The van der Waals surface area contributed by atoms with Gasteiger partial charge in [-0.3, -0.25) is 9.69 Å². The molecule has 0 aromatic heterocycles. The molecule has 1 atom stereocenters. The van der Waals surface area contributed by atoms with E-state index in [4.69, 9.17) is 4.74 Å². The highest BCUT2D eigenvalue weighted by Crippen LogP contribution is 2.23. The molecular formula is C19H28N4O3. The number of anilines is 1. The summed E-state index contributed by atoms with van der Waals surface area (Å²) in [5.41, 5.74) is 2.20. The van der Waals surface area contributed by atoms with Gasteiger partial charge in [-0.1, -0.05) is 0 Å². The van der Waals surface area contributed by atoms with E-state index in [-0.39, 0.29) is 11.9 Å². The van der Waals surface area contributed by atoms with Crippen LogP contribution in [0, 0.1) is 6.92 Å². The molecule has 2 heterocycles. The van der Waals surface area contributed by atoms with Crippen LogP contribution in [0.25, 0.3) is 0 Å². The second kappa shape index (κ2) is 8.51. The van der Waals surface area contributed by atoms with Gasteiger partial charge in [0.15, 0.2) is 0 Å². The normalized spacial score (nSPS) is 19.9. The minimum absolute atomic E-state index is 0.0584. The second-order valence-electron chi connectivity index (χ2n) is 6.99. The average Bonchev–Trinajstić information content (AvgIpc) is 3.11. The summed E-state index contributed by atoms with van der Waals surface area (Å²) in [7, 11) is 1.60. The molecule has 3 rings (SSSR count). The van der Waals surface area contributed by atoms with Crippen molar-refractivity contribution in [2.45, 2.75) is 25.8 Å². The molecule has 0 bridgehead atoms. The summed E-state index contributed by atoms with van der Waals surface area (Å²) in [6.07, 6.45) is 2.41. The third-order valence-electron chi connectivity index (χ3n) is 5.20. The lowest BCUT2D eigenvalue weighted by atomic mass is 10.1. The molecule has 0 aliphatic carbocycles. The first-order chi connectivity index (χ1) is 12.6. The van der Waals surface area contributed by atoms with Gasteiger partial charge in [-0.05, 0) is 50.1 Å². The first-order valence-corrected chi connectivity index (χ1v) is 9.26. The highest BCUT2D eigenvalue weighted by atomic mass is 16.5. The molecule has 0 unspecified atom stereocenters. The Hall–Kier alpha value is -2.12. The van der Waals surface area contributed by atoms with E-state index < -0.39 is 0 Å². The van der Waals surface area contributed by atoms with E-state index in [1.807, 2.05) is 11.8 Å². The Morgan fingerprint density at radius 3 is 2.88 bits per heavy atom. The van der Waals surface area contributed by atoms with Crippen LogP contribution >= 0.6 is 0 Å². The molecule has 0 spiro atoms. The molecule has 142 valence electrons. The van der Waals surface area contributed by atoms with Crippen molar-refractivity contribution in [1.82, 2.24) is 15.1 Å². The lowest BCUT2D eigenvalue weighted by molar-refractivity contribution is 0.0937. The molecule has 1 aromatic rings. The Balaban J connectivity index is 1.57. The molecule has 2 aliphatic rings. The Bertz CT molecular complexity index is 664. The molecule has 7 heteroatoms. The monoisotopic (exact) mass is 360 g/mol. The maximum Gasteiger partial charge on any atom is 0.321 e. The molecule has 1 aromatic carbocycles. The molecule has 26 heavy (non-hydrogen) atoms. The standard InChI is InChI=1S/C19H28N4O3/c1-14-12-15(18(24)20-7-11-26-2)5-6-17(14)21-19(25)23-10-9-22-8-3-4-16(22)13-23/h5-6,12,16H,3-4,7-11,13H2,1-2H3,(H,20,24)(H,21,25)/t16-/m1/s1. The number of methoxy groups -OCH3 is 1. The summed E-state index contributed by atoms with van der Waals surface area (Å²) in [5, 5.41) is 5.79. The van der Waals surface area contributed by atoms with Crippen LogP contribution in [0.2, 0.25) is 0 Å². The number of hydrogen-bond acceptors (Lipinski definition) is 4. The van der Waals surface area contributed by atoms with Crippen LogP contribution in [0.5, 0.6) is 0 Å². The van der Waals surface area contributed by atoms with Crippen LogP contribution in [-0.4, -0.2) is 74.2 Å². The van der Waals surface area contributed by atoms with Gasteiger partial charge in [0, 0.05) is 50.6 Å². The van der Waals surface area contributed by atoms with E-state index in [0.29, 0.717) is 24.8 Å². The van der Waals surface area contributed by atoms with Crippen molar-refractivity contribution in [3.05, 3.63) is 29.3 Å². The van der Waals surface area contributed by atoms with Gasteiger partial charge in [0.05, 0.1) is 6.61 Å². The number of amides is 3. The topological polar surface area (TPSA) is 73.9 Å². The number of piperazine rings is 1. The Morgan fingerprint density at radius 2 is 2.12 bits per heavy atom. The zero-order chi connectivity index (χ0) is 18.5. The summed E-state index contributed by atoms with van der Waals surface area (Å²) < 4.78 is 4.93. The van der Waals surface area contributed by atoms with Crippen molar-refractivity contribution in [3.8, 4) is 0 Å². The van der Waals surface area contributed by atoms with Gasteiger partial charge in [0.1, 0.15) is 0 Å². The van der Waals surface area contributed by atoms with Crippen LogP contribution < -0.4 is 10.6 Å². The van der Waals surface area contributed by atoms with Crippen molar-refractivity contribution in [2.75, 3.05) is 51.8 Å². The predicted molar refractivity (Wildman–Crippen MR) is 101 cm³/mol. The minimum Gasteiger partial charge on any atom is -0.383 e. The van der Waals surface area contributed by atoms with Crippen LogP contribution in [0.15, 0.2) is 18.2 Å². The summed E-state index contributed by atoms with van der Waals surface area (Å²) >= 11 is 0. The number of hydrogen-bond donors (Lipinski definition) is 2. The third kappa shape index (κ3) is 4.34. The lowest BCUT2D eigenvalue weighted by Crippen LogP contribution is -2.53. The van der Waals surface area contributed by atoms with Gasteiger partial charge in [-0.2, -0.15) is 0 Å². The number of nitrogens with zero attached hydrogens (tertiary/aromatic N) is 2. The first-order valence-electron chi connectivity index (χ1n) is 9.26. The van der Waals surface area contributed by atoms with Gasteiger partial charge < -0.3 is 20.3 Å².